The Hall–Kier alpha value is -3.93. The van der Waals surface area contributed by atoms with Gasteiger partial charge < -0.3 is 14.5 Å². The van der Waals surface area contributed by atoms with Gasteiger partial charge in [-0.15, -0.1) is 0 Å². The second kappa shape index (κ2) is 12.3. The van der Waals surface area contributed by atoms with E-state index in [2.05, 4.69) is 35.2 Å². The predicted octanol–water partition coefficient (Wildman–Crippen LogP) is 6.11. The highest BCUT2D eigenvalue weighted by molar-refractivity contribution is 5.95. The Labute approximate surface area is 219 Å². The van der Waals surface area contributed by atoms with Gasteiger partial charge in [-0.25, -0.2) is 4.79 Å². The Morgan fingerprint density at radius 3 is 2.32 bits per heavy atom. The number of aromatic nitrogens is 1. The molecule has 4 rings (SSSR count). The van der Waals surface area contributed by atoms with Crippen LogP contribution in [0.25, 0.3) is 17.2 Å². The number of hydrogen-bond donors (Lipinski definition) is 0. The average molecular weight is 498 g/mol. The van der Waals surface area contributed by atoms with Crippen LogP contribution in [-0.2, 0) is 20.9 Å². The standard InChI is InChI=1S/C31H35N3O3/c1-33(2)28-17-14-24(15-18-28)26-13-16-27(32-21-26)22-34(31(36)25-9-5-4-6-10-25)29-11-7-8-23(20-29)12-19-30(35)37-3/h7-8,11-21,25H,4-6,9-10,22H2,1-3H3/b19-12+. The van der Waals surface area contributed by atoms with Crippen molar-refractivity contribution < 1.29 is 14.3 Å². The Bertz CT molecular complexity index is 1230. The lowest BCUT2D eigenvalue weighted by molar-refractivity contribution is -0.134. The molecule has 6 heteroatoms. The van der Waals surface area contributed by atoms with Gasteiger partial charge in [0, 0.05) is 49.2 Å². The molecule has 1 aliphatic carbocycles. The number of esters is 1. The Kier molecular flexibility index (Phi) is 8.72. The molecule has 1 fully saturated rings. The van der Waals surface area contributed by atoms with Gasteiger partial charge in [0.2, 0.25) is 5.91 Å². The summed E-state index contributed by atoms with van der Waals surface area (Å²) < 4.78 is 4.70. The van der Waals surface area contributed by atoms with Crippen molar-refractivity contribution in [3.8, 4) is 11.1 Å². The van der Waals surface area contributed by atoms with E-state index in [0.29, 0.717) is 6.54 Å². The van der Waals surface area contributed by atoms with Gasteiger partial charge in [-0.2, -0.15) is 0 Å². The van der Waals surface area contributed by atoms with E-state index in [9.17, 15) is 9.59 Å². The van der Waals surface area contributed by atoms with Gasteiger partial charge in [0.25, 0.3) is 0 Å². The van der Waals surface area contributed by atoms with Crippen molar-refractivity contribution in [1.29, 1.82) is 0 Å². The van der Waals surface area contributed by atoms with E-state index in [1.165, 1.54) is 19.6 Å². The first-order valence-electron chi connectivity index (χ1n) is 12.8. The fourth-order valence-corrected chi connectivity index (χ4v) is 4.70. The number of nitrogens with zero attached hydrogens (tertiary/aromatic N) is 3. The molecule has 1 amide bonds. The highest BCUT2D eigenvalue weighted by atomic mass is 16.5. The lowest BCUT2D eigenvalue weighted by Crippen LogP contribution is -2.37. The minimum atomic E-state index is -0.416. The number of carbonyl (C=O) groups excluding carboxylic acids is 2. The van der Waals surface area contributed by atoms with Crippen LogP contribution in [0.3, 0.4) is 0 Å². The molecule has 1 aromatic heterocycles. The first-order chi connectivity index (χ1) is 17.9. The maximum absolute atomic E-state index is 13.7. The molecular formula is C31H35N3O3. The zero-order valence-corrected chi connectivity index (χ0v) is 21.9. The molecule has 0 saturated heterocycles. The fourth-order valence-electron chi connectivity index (χ4n) is 4.70. The maximum atomic E-state index is 13.7. The quantitative estimate of drug-likeness (QED) is 0.277. The summed E-state index contributed by atoms with van der Waals surface area (Å²) in [5.41, 5.74) is 5.74. The van der Waals surface area contributed by atoms with Gasteiger partial charge in [-0.1, -0.05) is 49.6 Å². The third-order valence-corrected chi connectivity index (χ3v) is 6.88. The van der Waals surface area contributed by atoms with E-state index < -0.39 is 5.97 Å². The average Bonchev–Trinajstić information content (AvgIpc) is 2.95. The van der Waals surface area contributed by atoms with Crippen LogP contribution >= 0.6 is 0 Å². The minimum absolute atomic E-state index is 0.0255. The van der Waals surface area contributed by atoms with Gasteiger partial charge in [0.15, 0.2) is 0 Å². The number of rotatable bonds is 8. The van der Waals surface area contributed by atoms with E-state index in [1.807, 2.05) is 55.5 Å². The molecule has 192 valence electrons. The smallest absolute Gasteiger partial charge is 0.330 e. The largest absolute Gasteiger partial charge is 0.466 e. The Balaban J connectivity index is 1.58. The molecule has 2 aromatic carbocycles. The predicted molar refractivity (Wildman–Crippen MR) is 149 cm³/mol. The van der Waals surface area contributed by atoms with Crippen LogP contribution in [0, 0.1) is 5.92 Å². The van der Waals surface area contributed by atoms with Gasteiger partial charge >= 0.3 is 5.97 Å². The van der Waals surface area contributed by atoms with Gasteiger partial charge in [-0.05, 0) is 60.4 Å². The molecule has 0 spiro atoms. The molecule has 6 nitrogen and oxygen atoms in total. The highest BCUT2D eigenvalue weighted by Crippen LogP contribution is 2.29. The van der Waals surface area contributed by atoms with Gasteiger partial charge in [-0.3, -0.25) is 9.78 Å². The Morgan fingerprint density at radius 2 is 1.68 bits per heavy atom. The molecule has 1 saturated carbocycles. The van der Waals surface area contributed by atoms with Crippen molar-refractivity contribution >= 4 is 29.3 Å². The summed E-state index contributed by atoms with van der Waals surface area (Å²) in [7, 11) is 5.40. The summed E-state index contributed by atoms with van der Waals surface area (Å²) in [6.07, 6.45) is 10.2. The van der Waals surface area contributed by atoms with Gasteiger partial charge in [0.1, 0.15) is 0 Å². The molecule has 0 N–H and O–H groups in total. The second-order valence-corrected chi connectivity index (χ2v) is 9.69. The highest BCUT2D eigenvalue weighted by Gasteiger charge is 2.27. The van der Waals surface area contributed by atoms with Crippen molar-refractivity contribution in [2.75, 3.05) is 31.0 Å². The molecule has 37 heavy (non-hydrogen) atoms. The van der Waals surface area contributed by atoms with Crippen molar-refractivity contribution in [3.63, 3.8) is 0 Å². The van der Waals surface area contributed by atoms with Crippen LogP contribution in [0.15, 0.2) is 72.9 Å². The first-order valence-corrected chi connectivity index (χ1v) is 12.8. The molecule has 0 bridgehead atoms. The van der Waals surface area contributed by atoms with Crippen LogP contribution in [0.2, 0.25) is 0 Å². The minimum Gasteiger partial charge on any atom is -0.466 e. The molecular weight excluding hydrogens is 462 g/mol. The number of methoxy groups -OCH3 is 1. The molecule has 0 unspecified atom stereocenters. The van der Waals surface area contributed by atoms with Crippen LogP contribution < -0.4 is 9.80 Å². The molecule has 0 atom stereocenters. The zero-order valence-electron chi connectivity index (χ0n) is 21.9. The third kappa shape index (κ3) is 6.85. The summed E-state index contributed by atoms with van der Waals surface area (Å²) in [5, 5.41) is 0. The second-order valence-electron chi connectivity index (χ2n) is 9.69. The van der Waals surface area contributed by atoms with Crippen LogP contribution in [0.1, 0.15) is 43.4 Å². The maximum Gasteiger partial charge on any atom is 0.330 e. The van der Waals surface area contributed by atoms with Crippen LogP contribution in [0.4, 0.5) is 11.4 Å². The Morgan fingerprint density at radius 1 is 0.946 bits per heavy atom. The summed E-state index contributed by atoms with van der Waals surface area (Å²) in [6, 6.07) is 20.1. The van der Waals surface area contributed by atoms with E-state index in [-0.39, 0.29) is 11.8 Å². The van der Waals surface area contributed by atoms with Crippen molar-refractivity contribution in [2.24, 2.45) is 5.92 Å². The summed E-state index contributed by atoms with van der Waals surface area (Å²) in [4.78, 5) is 33.9. The lowest BCUT2D eigenvalue weighted by Gasteiger charge is -2.29. The van der Waals surface area contributed by atoms with E-state index in [1.54, 1.807) is 6.08 Å². The fraction of sp³-hybridized carbons (Fsp3) is 0.323. The van der Waals surface area contributed by atoms with Gasteiger partial charge in [0.05, 0.1) is 19.3 Å². The summed E-state index contributed by atoms with van der Waals surface area (Å²) in [6.45, 7) is 0.388. The molecule has 1 heterocycles. The number of hydrogen-bond acceptors (Lipinski definition) is 5. The van der Waals surface area contributed by atoms with E-state index >= 15 is 0 Å². The van der Waals surface area contributed by atoms with Crippen molar-refractivity contribution in [2.45, 2.75) is 38.6 Å². The SMILES string of the molecule is COC(=O)/C=C/c1cccc(N(Cc2ccc(-c3ccc(N(C)C)cc3)cn2)C(=O)C2CCCCC2)c1. The monoisotopic (exact) mass is 497 g/mol. The van der Waals surface area contributed by atoms with Crippen LogP contribution in [0.5, 0.6) is 0 Å². The number of carbonyl (C=O) groups is 2. The van der Waals surface area contributed by atoms with Crippen LogP contribution in [-0.4, -0.2) is 38.1 Å². The number of amides is 1. The van der Waals surface area contributed by atoms with E-state index in [4.69, 9.17) is 9.72 Å². The normalized spacial score (nSPS) is 13.9. The van der Waals surface area contributed by atoms with E-state index in [0.717, 1.165) is 59.4 Å². The van der Waals surface area contributed by atoms with Crippen molar-refractivity contribution in [1.82, 2.24) is 4.98 Å². The summed E-state index contributed by atoms with van der Waals surface area (Å²) >= 11 is 0. The van der Waals surface area contributed by atoms with Crippen molar-refractivity contribution in [3.05, 3.63) is 84.2 Å². The molecule has 0 aliphatic heterocycles. The molecule has 3 aromatic rings. The summed E-state index contributed by atoms with van der Waals surface area (Å²) in [5.74, 6) is -0.252. The first kappa shape index (κ1) is 26.1. The zero-order chi connectivity index (χ0) is 26.2. The number of benzene rings is 2. The lowest BCUT2D eigenvalue weighted by atomic mass is 9.88. The number of anilines is 2. The molecule has 0 radical (unpaired) electrons. The number of ether oxygens (including phenoxy) is 1. The third-order valence-electron chi connectivity index (χ3n) is 6.88. The molecule has 1 aliphatic rings. The topological polar surface area (TPSA) is 62.7 Å². The number of pyridine rings is 1.